The topological polar surface area (TPSA) is 81.9 Å². The summed E-state index contributed by atoms with van der Waals surface area (Å²) in [5.74, 6) is 1.06. The van der Waals surface area contributed by atoms with E-state index >= 15 is 0 Å². The molecular weight excluding hydrogens is 330 g/mol. The van der Waals surface area contributed by atoms with Gasteiger partial charge in [-0.2, -0.15) is 0 Å². The molecule has 3 aromatic rings. The first-order chi connectivity index (χ1) is 12.6. The molecule has 1 N–H and O–H groups in total. The average Bonchev–Trinajstić information content (AvgIpc) is 3.23. The minimum atomic E-state index is -0.546. The predicted molar refractivity (Wildman–Crippen MR) is 96.0 cm³/mol. The predicted octanol–water partition coefficient (Wildman–Crippen LogP) is 2.28. The summed E-state index contributed by atoms with van der Waals surface area (Å²) in [6, 6.07) is 9.79. The van der Waals surface area contributed by atoms with Crippen LogP contribution in [0.4, 0.5) is 5.82 Å². The molecule has 132 valence electrons. The highest BCUT2D eigenvalue weighted by Gasteiger charge is 2.30. The summed E-state index contributed by atoms with van der Waals surface area (Å²) in [6.45, 7) is 4.43. The zero-order valence-corrected chi connectivity index (χ0v) is 14.6. The van der Waals surface area contributed by atoms with Crippen LogP contribution in [0.5, 0.6) is 5.75 Å². The highest BCUT2D eigenvalue weighted by atomic mass is 16.5. The SMILES string of the molecule is Cc1cccc2c1OC(C(=O)Nc1nnn(Cc3ccncc3)c1C)C2. The van der Waals surface area contributed by atoms with Crippen LogP contribution in [0.3, 0.4) is 0 Å². The molecule has 1 unspecified atom stereocenters. The molecule has 4 rings (SSSR count). The van der Waals surface area contributed by atoms with E-state index in [9.17, 15) is 4.79 Å². The number of aryl methyl sites for hydroxylation is 1. The molecule has 26 heavy (non-hydrogen) atoms. The molecule has 1 aliphatic heterocycles. The molecule has 0 spiro atoms. The van der Waals surface area contributed by atoms with E-state index in [2.05, 4.69) is 20.6 Å². The highest BCUT2D eigenvalue weighted by molar-refractivity contribution is 5.94. The van der Waals surface area contributed by atoms with E-state index in [0.717, 1.165) is 28.1 Å². The number of pyridine rings is 1. The van der Waals surface area contributed by atoms with Crippen molar-refractivity contribution in [2.45, 2.75) is 32.9 Å². The lowest BCUT2D eigenvalue weighted by atomic mass is 10.1. The third kappa shape index (κ3) is 3.03. The summed E-state index contributed by atoms with van der Waals surface area (Å²) in [4.78, 5) is 16.6. The fourth-order valence-electron chi connectivity index (χ4n) is 3.06. The van der Waals surface area contributed by atoms with Crippen molar-refractivity contribution in [1.29, 1.82) is 0 Å². The number of nitrogens with zero attached hydrogens (tertiary/aromatic N) is 4. The molecule has 1 amide bonds. The first-order valence-electron chi connectivity index (χ1n) is 8.47. The smallest absolute Gasteiger partial charge is 0.267 e. The number of carbonyl (C=O) groups is 1. The van der Waals surface area contributed by atoms with E-state index in [1.165, 1.54) is 0 Å². The second-order valence-electron chi connectivity index (χ2n) is 6.40. The third-order valence-electron chi connectivity index (χ3n) is 4.56. The first-order valence-corrected chi connectivity index (χ1v) is 8.47. The van der Waals surface area contributed by atoms with Crippen LogP contribution < -0.4 is 10.1 Å². The average molecular weight is 349 g/mol. The summed E-state index contributed by atoms with van der Waals surface area (Å²) >= 11 is 0. The molecule has 7 nitrogen and oxygen atoms in total. The zero-order valence-electron chi connectivity index (χ0n) is 14.6. The Balaban J connectivity index is 1.45. The van der Waals surface area contributed by atoms with E-state index in [1.54, 1.807) is 17.1 Å². The lowest BCUT2D eigenvalue weighted by molar-refractivity contribution is -0.122. The van der Waals surface area contributed by atoms with E-state index < -0.39 is 6.10 Å². The number of para-hydroxylation sites is 1. The Bertz CT molecular complexity index is 952. The standard InChI is InChI=1S/C19H19N5O2/c1-12-4-3-5-15-10-16(26-17(12)15)19(25)21-18-13(2)24(23-22-18)11-14-6-8-20-9-7-14/h3-9,16H,10-11H2,1-2H3,(H,21,25). The number of nitrogens with one attached hydrogen (secondary N) is 1. The minimum Gasteiger partial charge on any atom is -0.480 e. The summed E-state index contributed by atoms with van der Waals surface area (Å²) < 4.78 is 7.59. The quantitative estimate of drug-likeness (QED) is 0.781. The maximum atomic E-state index is 12.6. The van der Waals surface area contributed by atoms with Crippen molar-refractivity contribution in [2.24, 2.45) is 0 Å². The number of ether oxygens (including phenoxy) is 1. The highest BCUT2D eigenvalue weighted by Crippen LogP contribution is 2.32. The summed E-state index contributed by atoms with van der Waals surface area (Å²) in [5.41, 5.74) is 3.96. The molecule has 0 bridgehead atoms. The molecule has 0 aliphatic carbocycles. The number of hydrogen-bond acceptors (Lipinski definition) is 5. The van der Waals surface area contributed by atoms with Gasteiger partial charge in [-0.1, -0.05) is 23.4 Å². The normalized spacial score (nSPS) is 15.4. The Morgan fingerprint density at radius 3 is 2.85 bits per heavy atom. The maximum absolute atomic E-state index is 12.6. The first kappa shape index (κ1) is 16.3. The fraction of sp³-hybridized carbons (Fsp3) is 0.263. The van der Waals surface area contributed by atoms with Gasteiger partial charge in [-0.3, -0.25) is 9.78 Å². The molecular formula is C19H19N5O2. The van der Waals surface area contributed by atoms with Crippen molar-refractivity contribution in [2.75, 3.05) is 5.32 Å². The van der Waals surface area contributed by atoms with Crippen LogP contribution in [0.25, 0.3) is 0 Å². The Hall–Kier alpha value is -3.22. The largest absolute Gasteiger partial charge is 0.480 e. The Kier molecular flexibility index (Phi) is 4.12. The Labute approximate surface area is 151 Å². The van der Waals surface area contributed by atoms with E-state index in [1.807, 2.05) is 44.2 Å². The van der Waals surface area contributed by atoms with Crippen LogP contribution in [-0.4, -0.2) is 32.0 Å². The number of rotatable bonds is 4. The van der Waals surface area contributed by atoms with E-state index in [0.29, 0.717) is 18.8 Å². The molecule has 1 atom stereocenters. The molecule has 7 heteroatoms. The molecule has 2 aromatic heterocycles. The molecule has 3 heterocycles. The van der Waals surface area contributed by atoms with Crippen molar-refractivity contribution in [3.63, 3.8) is 0 Å². The minimum absolute atomic E-state index is 0.209. The lowest BCUT2D eigenvalue weighted by Gasteiger charge is -2.11. The number of carbonyl (C=O) groups excluding carboxylic acids is 1. The number of hydrogen-bond donors (Lipinski definition) is 1. The van der Waals surface area contributed by atoms with Crippen LogP contribution in [0.2, 0.25) is 0 Å². The van der Waals surface area contributed by atoms with Gasteiger partial charge in [0.05, 0.1) is 12.2 Å². The van der Waals surface area contributed by atoms with Gasteiger partial charge in [-0.05, 0) is 42.7 Å². The van der Waals surface area contributed by atoms with Crippen LogP contribution in [0.15, 0.2) is 42.7 Å². The van der Waals surface area contributed by atoms with Crippen LogP contribution in [-0.2, 0) is 17.8 Å². The van der Waals surface area contributed by atoms with Gasteiger partial charge in [0.15, 0.2) is 11.9 Å². The van der Waals surface area contributed by atoms with Crippen LogP contribution in [0, 0.1) is 13.8 Å². The molecule has 0 saturated heterocycles. The molecule has 1 aromatic carbocycles. The molecule has 0 fully saturated rings. The summed E-state index contributed by atoms with van der Waals surface area (Å²) in [7, 11) is 0. The number of fused-ring (bicyclic) bond motifs is 1. The summed E-state index contributed by atoms with van der Waals surface area (Å²) in [6.07, 6.45) is 3.49. The molecule has 0 radical (unpaired) electrons. The van der Waals surface area contributed by atoms with E-state index in [-0.39, 0.29) is 5.91 Å². The van der Waals surface area contributed by atoms with Gasteiger partial charge >= 0.3 is 0 Å². The third-order valence-corrected chi connectivity index (χ3v) is 4.56. The van der Waals surface area contributed by atoms with Crippen LogP contribution >= 0.6 is 0 Å². The van der Waals surface area contributed by atoms with Gasteiger partial charge in [0.2, 0.25) is 0 Å². The number of amides is 1. The Morgan fingerprint density at radius 1 is 1.27 bits per heavy atom. The van der Waals surface area contributed by atoms with Gasteiger partial charge in [0, 0.05) is 18.8 Å². The van der Waals surface area contributed by atoms with Crippen molar-refractivity contribution in [3.8, 4) is 5.75 Å². The van der Waals surface area contributed by atoms with E-state index in [4.69, 9.17) is 4.74 Å². The number of anilines is 1. The fourth-order valence-corrected chi connectivity index (χ4v) is 3.06. The van der Waals surface area contributed by atoms with Crippen LogP contribution in [0.1, 0.15) is 22.4 Å². The second-order valence-corrected chi connectivity index (χ2v) is 6.40. The van der Waals surface area contributed by atoms with Crippen molar-refractivity contribution in [3.05, 3.63) is 65.1 Å². The van der Waals surface area contributed by atoms with Gasteiger partial charge in [0.25, 0.3) is 5.91 Å². The maximum Gasteiger partial charge on any atom is 0.267 e. The zero-order chi connectivity index (χ0) is 18.1. The lowest BCUT2D eigenvalue weighted by Crippen LogP contribution is -2.31. The number of aromatic nitrogens is 4. The van der Waals surface area contributed by atoms with Gasteiger partial charge in [-0.15, -0.1) is 5.10 Å². The van der Waals surface area contributed by atoms with Gasteiger partial charge < -0.3 is 10.1 Å². The number of benzene rings is 1. The molecule has 1 aliphatic rings. The van der Waals surface area contributed by atoms with Gasteiger partial charge in [-0.25, -0.2) is 4.68 Å². The second kappa shape index (κ2) is 6.59. The Morgan fingerprint density at radius 2 is 2.08 bits per heavy atom. The van der Waals surface area contributed by atoms with Crippen molar-refractivity contribution in [1.82, 2.24) is 20.0 Å². The van der Waals surface area contributed by atoms with Crippen molar-refractivity contribution >= 4 is 11.7 Å². The van der Waals surface area contributed by atoms with Crippen molar-refractivity contribution < 1.29 is 9.53 Å². The monoisotopic (exact) mass is 349 g/mol. The van der Waals surface area contributed by atoms with Gasteiger partial charge in [0.1, 0.15) is 5.75 Å². The summed E-state index contributed by atoms with van der Waals surface area (Å²) in [5, 5.41) is 11.1. The molecule has 0 saturated carbocycles.